The van der Waals surface area contributed by atoms with Crippen LogP contribution < -0.4 is 0 Å². The van der Waals surface area contributed by atoms with Crippen LogP contribution in [0.4, 0.5) is 0 Å². The van der Waals surface area contributed by atoms with E-state index >= 15 is 0 Å². The molecule has 2 atom stereocenters. The summed E-state index contributed by atoms with van der Waals surface area (Å²) in [4.78, 5) is 14.6. The van der Waals surface area contributed by atoms with Crippen molar-refractivity contribution in [2.75, 3.05) is 19.3 Å². The number of amides is 1. The second-order valence-corrected chi connectivity index (χ2v) is 9.43. The lowest BCUT2D eigenvalue weighted by Crippen LogP contribution is -2.60. The molecule has 122 valence electrons. The van der Waals surface area contributed by atoms with E-state index in [0.29, 0.717) is 25.9 Å². The summed E-state index contributed by atoms with van der Waals surface area (Å²) in [5.74, 6) is -0.239. The zero-order valence-corrected chi connectivity index (χ0v) is 14.5. The Morgan fingerprint density at radius 3 is 2.64 bits per heavy atom. The molecule has 3 rings (SSSR count). The van der Waals surface area contributed by atoms with Gasteiger partial charge in [0, 0.05) is 12.8 Å². The molecule has 2 aliphatic rings. The lowest BCUT2D eigenvalue weighted by atomic mass is 9.82. The Balaban J connectivity index is 1.83. The van der Waals surface area contributed by atoms with Crippen molar-refractivity contribution in [2.24, 2.45) is 0 Å². The van der Waals surface area contributed by atoms with E-state index in [-0.39, 0.29) is 18.1 Å². The van der Waals surface area contributed by atoms with Gasteiger partial charge in [-0.25, -0.2) is 8.42 Å². The third-order valence-corrected chi connectivity index (χ3v) is 7.43. The molecule has 1 aromatic heterocycles. The maximum Gasteiger partial charge on any atom is 0.244 e. The van der Waals surface area contributed by atoms with Crippen LogP contribution in [0.25, 0.3) is 0 Å². The molecule has 0 bridgehead atoms. The summed E-state index contributed by atoms with van der Waals surface area (Å²) in [5.41, 5.74) is 1.05. The normalized spacial score (nSPS) is 28.2. The second kappa shape index (κ2) is 5.62. The van der Waals surface area contributed by atoms with Crippen LogP contribution in [0.5, 0.6) is 0 Å². The van der Waals surface area contributed by atoms with Crippen molar-refractivity contribution in [1.82, 2.24) is 4.90 Å². The highest BCUT2D eigenvalue weighted by Gasteiger charge is 2.55. The number of rotatable bonds is 3. The summed E-state index contributed by atoms with van der Waals surface area (Å²) in [7, 11) is -3.40. The van der Waals surface area contributed by atoms with Gasteiger partial charge in [0.15, 0.2) is 14.6 Å². The summed E-state index contributed by atoms with van der Waals surface area (Å²) >= 11 is 1.59. The van der Waals surface area contributed by atoms with E-state index in [1.54, 1.807) is 16.2 Å². The molecule has 22 heavy (non-hydrogen) atoms. The number of nitrogens with zero attached hydrogens (tertiary/aromatic N) is 1. The van der Waals surface area contributed by atoms with E-state index in [0.717, 1.165) is 12.0 Å². The lowest BCUT2D eigenvalue weighted by Gasteiger charge is -2.45. The summed E-state index contributed by atoms with van der Waals surface area (Å²) in [6, 6.07) is 1.99. The Morgan fingerprint density at radius 1 is 1.41 bits per heavy atom. The van der Waals surface area contributed by atoms with Crippen molar-refractivity contribution in [3.8, 4) is 0 Å². The molecule has 0 radical (unpaired) electrons. The first kappa shape index (κ1) is 16.0. The average molecular weight is 343 g/mol. The smallest absolute Gasteiger partial charge is 0.244 e. The zero-order valence-electron chi connectivity index (χ0n) is 12.8. The lowest BCUT2D eigenvalue weighted by molar-refractivity contribution is -0.149. The predicted molar refractivity (Wildman–Crippen MR) is 85.6 cm³/mol. The fourth-order valence-corrected chi connectivity index (χ4v) is 5.47. The molecule has 1 saturated carbocycles. The van der Waals surface area contributed by atoms with Crippen LogP contribution in [0.15, 0.2) is 16.8 Å². The maximum atomic E-state index is 12.9. The van der Waals surface area contributed by atoms with Gasteiger partial charge in [-0.15, -0.1) is 0 Å². The van der Waals surface area contributed by atoms with Crippen LogP contribution in [0, 0.1) is 0 Å². The number of morpholine rings is 1. The van der Waals surface area contributed by atoms with E-state index in [9.17, 15) is 13.2 Å². The summed E-state index contributed by atoms with van der Waals surface area (Å²) in [6.45, 7) is 2.81. The number of sulfone groups is 1. The largest absolute Gasteiger partial charge is 0.367 e. The van der Waals surface area contributed by atoms with Crippen molar-refractivity contribution in [3.05, 3.63) is 22.4 Å². The van der Waals surface area contributed by atoms with Crippen LogP contribution >= 0.6 is 11.3 Å². The van der Waals surface area contributed by atoms with E-state index in [4.69, 9.17) is 4.74 Å². The SMILES string of the molecule is C[C@@H]1CN(C(=O)C2(S(C)(=O)=O)CCC2)C[C@H](c2ccsc2)O1. The minimum absolute atomic E-state index is 0.0979. The molecule has 0 N–H and O–H groups in total. The van der Waals surface area contributed by atoms with Gasteiger partial charge in [0.1, 0.15) is 6.10 Å². The maximum absolute atomic E-state index is 12.9. The fraction of sp³-hybridized carbons (Fsp3) is 0.667. The molecule has 1 amide bonds. The van der Waals surface area contributed by atoms with Gasteiger partial charge in [-0.2, -0.15) is 11.3 Å². The molecule has 5 nitrogen and oxygen atoms in total. The highest BCUT2D eigenvalue weighted by Crippen LogP contribution is 2.41. The van der Waals surface area contributed by atoms with Crippen molar-refractivity contribution >= 4 is 27.1 Å². The van der Waals surface area contributed by atoms with E-state index in [2.05, 4.69) is 0 Å². The van der Waals surface area contributed by atoms with Crippen molar-refractivity contribution < 1.29 is 17.9 Å². The van der Waals surface area contributed by atoms with Crippen molar-refractivity contribution in [3.63, 3.8) is 0 Å². The third-order valence-electron chi connectivity index (χ3n) is 4.72. The number of hydrogen-bond acceptors (Lipinski definition) is 5. The van der Waals surface area contributed by atoms with Crippen LogP contribution in [-0.4, -0.2) is 49.4 Å². The van der Waals surface area contributed by atoms with Gasteiger partial charge >= 0.3 is 0 Å². The third kappa shape index (κ3) is 2.59. The van der Waals surface area contributed by atoms with E-state index in [1.807, 2.05) is 23.8 Å². The number of hydrogen-bond donors (Lipinski definition) is 0. The Kier molecular flexibility index (Phi) is 4.07. The standard InChI is InChI=1S/C15H21NO4S2/c1-11-8-16(9-13(20-11)12-4-7-21-10-12)14(17)15(5-3-6-15)22(2,18)19/h4,7,10-11,13H,3,5-6,8-9H2,1-2H3/t11-,13-/m1/s1. The number of carbonyl (C=O) groups is 1. The average Bonchev–Trinajstić information content (AvgIpc) is 2.88. The van der Waals surface area contributed by atoms with Gasteiger partial charge in [-0.3, -0.25) is 4.79 Å². The molecule has 1 aromatic rings. The molecule has 2 fully saturated rings. The number of thiophene rings is 1. The van der Waals surface area contributed by atoms with Gasteiger partial charge in [0.25, 0.3) is 0 Å². The van der Waals surface area contributed by atoms with E-state index < -0.39 is 14.6 Å². The van der Waals surface area contributed by atoms with Gasteiger partial charge in [-0.1, -0.05) is 0 Å². The van der Waals surface area contributed by atoms with Gasteiger partial charge in [-0.05, 0) is 48.6 Å². The molecule has 0 aromatic carbocycles. The minimum Gasteiger partial charge on any atom is -0.367 e. The Labute approximate surface area is 135 Å². The highest BCUT2D eigenvalue weighted by atomic mass is 32.2. The first-order chi connectivity index (χ1) is 10.3. The number of carbonyl (C=O) groups excluding carboxylic acids is 1. The molecule has 1 aliphatic heterocycles. The summed E-state index contributed by atoms with van der Waals surface area (Å²) in [6.07, 6.45) is 2.60. The van der Waals surface area contributed by atoms with Gasteiger partial charge in [0.2, 0.25) is 5.91 Å². The van der Waals surface area contributed by atoms with Gasteiger partial charge in [0.05, 0.1) is 12.6 Å². The Bertz CT molecular complexity index is 649. The summed E-state index contributed by atoms with van der Waals surface area (Å²) < 4.78 is 29.0. The molecular formula is C15H21NO4S2. The highest BCUT2D eigenvalue weighted by molar-refractivity contribution is 7.93. The topological polar surface area (TPSA) is 63.7 Å². The number of ether oxygens (including phenoxy) is 1. The first-order valence-electron chi connectivity index (χ1n) is 7.50. The molecule has 0 unspecified atom stereocenters. The van der Waals surface area contributed by atoms with Crippen LogP contribution in [0.1, 0.15) is 37.9 Å². The second-order valence-electron chi connectivity index (χ2n) is 6.32. The van der Waals surface area contributed by atoms with E-state index in [1.165, 1.54) is 6.26 Å². The molecule has 1 saturated heterocycles. The molecule has 2 heterocycles. The Morgan fingerprint density at radius 2 is 2.14 bits per heavy atom. The van der Waals surface area contributed by atoms with Crippen molar-refractivity contribution in [1.29, 1.82) is 0 Å². The fourth-order valence-electron chi connectivity index (χ4n) is 3.29. The van der Waals surface area contributed by atoms with Crippen LogP contribution in [0.2, 0.25) is 0 Å². The minimum atomic E-state index is -3.40. The van der Waals surface area contributed by atoms with Crippen molar-refractivity contribution in [2.45, 2.75) is 43.1 Å². The van der Waals surface area contributed by atoms with Gasteiger partial charge < -0.3 is 9.64 Å². The molecule has 0 spiro atoms. The zero-order chi connectivity index (χ0) is 16.0. The van der Waals surface area contributed by atoms with Crippen LogP contribution in [-0.2, 0) is 19.4 Å². The summed E-state index contributed by atoms with van der Waals surface area (Å²) in [5, 5.41) is 4.00. The molecule has 1 aliphatic carbocycles. The molecule has 7 heteroatoms. The quantitative estimate of drug-likeness (QED) is 0.842. The first-order valence-corrected chi connectivity index (χ1v) is 10.3. The monoisotopic (exact) mass is 343 g/mol. The van der Waals surface area contributed by atoms with Crippen LogP contribution in [0.3, 0.4) is 0 Å². The Hall–Kier alpha value is -0.920. The predicted octanol–water partition coefficient (Wildman–Crippen LogP) is 2.00. The molecular weight excluding hydrogens is 322 g/mol.